The maximum atomic E-state index is 11.7. The molecule has 0 aliphatic carbocycles. The van der Waals surface area contributed by atoms with E-state index in [0.717, 1.165) is 4.88 Å². The molecule has 0 spiro atoms. The van der Waals surface area contributed by atoms with E-state index >= 15 is 0 Å². The summed E-state index contributed by atoms with van der Waals surface area (Å²) in [4.78, 5) is 16.6. The van der Waals surface area contributed by atoms with Gasteiger partial charge in [0.15, 0.2) is 0 Å². The third-order valence-electron chi connectivity index (χ3n) is 1.92. The molecule has 0 radical (unpaired) electrons. The van der Waals surface area contributed by atoms with E-state index in [1.54, 1.807) is 5.51 Å². The van der Waals surface area contributed by atoms with Crippen molar-refractivity contribution in [3.8, 4) is 0 Å². The highest BCUT2D eigenvalue weighted by Gasteiger charge is 2.21. The lowest BCUT2D eigenvalue weighted by molar-refractivity contribution is 0.0910. The van der Waals surface area contributed by atoms with Crippen LogP contribution in [-0.2, 0) is 0 Å². The van der Waals surface area contributed by atoms with Crippen molar-refractivity contribution in [2.75, 3.05) is 6.54 Å². The van der Waals surface area contributed by atoms with Crippen LogP contribution in [0.15, 0.2) is 5.51 Å². The van der Waals surface area contributed by atoms with Gasteiger partial charge in [0.05, 0.1) is 5.51 Å². The smallest absolute Gasteiger partial charge is 0.271 e. The van der Waals surface area contributed by atoms with Crippen LogP contribution in [0.3, 0.4) is 0 Å². The minimum atomic E-state index is -0.382. The van der Waals surface area contributed by atoms with Crippen LogP contribution in [-0.4, -0.2) is 23.0 Å². The molecule has 0 unspecified atom stereocenters. The number of nitrogens with one attached hydrogen (secondary N) is 1. The Morgan fingerprint density at radius 3 is 2.79 bits per heavy atom. The van der Waals surface area contributed by atoms with E-state index in [1.165, 1.54) is 11.3 Å². The molecule has 4 nitrogen and oxygen atoms in total. The van der Waals surface area contributed by atoms with Crippen molar-refractivity contribution in [2.45, 2.75) is 26.3 Å². The van der Waals surface area contributed by atoms with Crippen molar-refractivity contribution in [3.05, 3.63) is 16.1 Å². The third-order valence-corrected chi connectivity index (χ3v) is 2.68. The first-order valence-electron chi connectivity index (χ1n) is 4.39. The fourth-order valence-corrected chi connectivity index (χ4v) is 1.51. The summed E-state index contributed by atoms with van der Waals surface area (Å²) in [6, 6.07) is 0. The van der Waals surface area contributed by atoms with Gasteiger partial charge in [-0.1, -0.05) is 0 Å². The molecule has 0 atom stereocenters. The van der Waals surface area contributed by atoms with Gasteiger partial charge in [-0.15, -0.1) is 11.3 Å². The van der Waals surface area contributed by atoms with E-state index in [2.05, 4.69) is 10.3 Å². The zero-order valence-corrected chi connectivity index (χ0v) is 9.44. The van der Waals surface area contributed by atoms with Gasteiger partial charge in [0.1, 0.15) is 5.69 Å². The van der Waals surface area contributed by atoms with Gasteiger partial charge >= 0.3 is 0 Å². The normalized spacial score (nSPS) is 11.4. The number of carbonyl (C=O) groups excluding carboxylic acids is 1. The molecule has 1 aromatic rings. The monoisotopic (exact) mass is 213 g/mol. The summed E-state index contributed by atoms with van der Waals surface area (Å²) in [5.74, 6) is -0.154. The van der Waals surface area contributed by atoms with Crippen LogP contribution in [0.25, 0.3) is 0 Å². The van der Waals surface area contributed by atoms with Gasteiger partial charge in [-0.25, -0.2) is 4.98 Å². The van der Waals surface area contributed by atoms with Crippen molar-refractivity contribution in [2.24, 2.45) is 5.73 Å². The van der Waals surface area contributed by atoms with Crippen LogP contribution in [0, 0.1) is 6.92 Å². The number of aromatic nitrogens is 1. The molecular formula is C9H15N3OS. The fraction of sp³-hybridized carbons (Fsp3) is 0.556. The van der Waals surface area contributed by atoms with E-state index in [4.69, 9.17) is 5.73 Å². The Kier molecular flexibility index (Phi) is 3.23. The highest BCUT2D eigenvalue weighted by molar-refractivity contribution is 7.09. The Bertz CT molecular complexity index is 333. The predicted octanol–water partition coefficient (Wildman–Crippen LogP) is 0.919. The van der Waals surface area contributed by atoms with Crippen molar-refractivity contribution < 1.29 is 4.79 Å². The molecule has 1 heterocycles. The number of nitrogens with zero attached hydrogens (tertiary/aromatic N) is 1. The predicted molar refractivity (Wildman–Crippen MR) is 57.5 cm³/mol. The molecule has 0 saturated carbocycles. The highest BCUT2D eigenvalue weighted by atomic mass is 32.1. The molecule has 0 bridgehead atoms. The lowest BCUT2D eigenvalue weighted by Gasteiger charge is -2.23. The Labute approximate surface area is 87.5 Å². The van der Waals surface area contributed by atoms with Crippen LogP contribution >= 0.6 is 11.3 Å². The molecule has 0 aliphatic heterocycles. The average Bonchev–Trinajstić information content (AvgIpc) is 2.51. The molecule has 0 saturated heterocycles. The van der Waals surface area contributed by atoms with E-state index in [1.807, 2.05) is 20.8 Å². The molecule has 78 valence electrons. The Morgan fingerprint density at radius 2 is 2.36 bits per heavy atom. The molecule has 1 amide bonds. The number of thiazole rings is 1. The number of amides is 1. The molecule has 5 heteroatoms. The number of aryl methyl sites for hydroxylation is 1. The van der Waals surface area contributed by atoms with Crippen LogP contribution < -0.4 is 11.1 Å². The van der Waals surface area contributed by atoms with Crippen LogP contribution in [0.4, 0.5) is 0 Å². The first-order valence-corrected chi connectivity index (χ1v) is 5.27. The number of nitrogens with two attached hydrogens (primary N) is 1. The first kappa shape index (κ1) is 11.1. The summed E-state index contributed by atoms with van der Waals surface area (Å²) in [6.45, 7) is 6.04. The minimum Gasteiger partial charge on any atom is -0.345 e. The zero-order valence-electron chi connectivity index (χ0n) is 8.63. The molecule has 3 N–H and O–H groups in total. The van der Waals surface area contributed by atoms with E-state index < -0.39 is 0 Å². The van der Waals surface area contributed by atoms with Gasteiger partial charge in [0, 0.05) is 17.0 Å². The average molecular weight is 213 g/mol. The molecule has 1 aromatic heterocycles. The number of hydrogen-bond donors (Lipinski definition) is 2. The van der Waals surface area contributed by atoms with Crippen LogP contribution in [0.2, 0.25) is 0 Å². The topological polar surface area (TPSA) is 68.0 Å². The summed E-state index contributed by atoms with van der Waals surface area (Å²) in [6.07, 6.45) is 0. The Balaban J connectivity index is 2.73. The van der Waals surface area contributed by atoms with Crippen molar-refractivity contribution in [1.29, 1.82) is 0 Å². The first-order chi connectivity index (χ1) is 6.46. The highest BCUT2D eigenvalue weighted by Crippen LogP contribution is 2.12. The number of hydrogen-bond acceptors (Lipinski definition) is 4. The third kappa shape index (κ3) is 2.52. The van der Waals surface area contributed by atoms with Crippen molar-refractivity contribution in [3.63, 3.8) is 0 Å². The van der Waals surface area contributed by atoms with Crippen LogP contribution in [0.5, 0.6) is 0 Å². The molecular weight excluding hydrogens is 198 g/mol. The fourth-order valence-electron chi connectivity index (χ4n) is 0.941. The quantitative estimate of drug-likeness (QED) is 0.784. The molecule has 0 aromatic carbocycles. The second kappa shape index (κ2) is 4.06. The summed E-state index contributed by atoms with van der Waals surface area (Å²) >= 11 is 1.46. The summed E-state index contributed by atoms with van der Waals surface area (Å²) in [5, 5.41) is 2.83. The Morgan fingerprint density at radius 1 is 1.71 bits per heavy atom. The second-order valence-electron chi connectivity index (χ2n) is 3.80. The van der Waals surface area contributed by atoms with Crippen molar-refractivity contribution in [1.82, 2.24) is 10.3 Å². The van der Waals surface area contributed by atoms with E-state index in [-0.39, 0.29) is 11.4 Å². The second-order valence-corrected chi connectivity index (χ2v) is 4.86. The van der Waals surface area contributed by atoms with Gasteiger partial charge in [0.25, 0.3) is 5.91 Å². The van der Waals surface area contributed by atoms with Crippen LogP contribution in [0.1, 0.15) is 29.2 Å². The summed E-state index contributed by atoms with van der Waals surface area (Å²) in [5.41, 5.74) is 7.29. The van der Waals surface area contributed by atoms with Gasteiger partial charge in [-0.3, -0.25) is 4.79 Å². The van der Waals surface area contributed by atoms with E-state index in [9.17, 15) is 4.79 Å². The maximum Gasteiger partial charge on any atom is 0.271 e. The van der Waals surface area contributed by atoms with Gasteiger partial charge in [-0.2, -0.15) is 0 Å². The lowest BCUT2D eigenvalue weighted by Crippen LogP contribution is -2.49. The number of rotatable bonds is 3. The van der Waals surface area contributed by atoms with Crippen molar-refractivity contribution >= 4 is 17.2 Å². The molecule has 0 fully saturated rings. The Hall–Kier alpha value is -0.940. The molecule has 14 heavy (non-hydrogen) atoms. The maximum absolute atomic E-state index is 11.7. The standard InChI is InChI=1S/C9H15N3OS/c1-6-7(11-5-14-6)8(13)12-9(2,3)4-10/h5H,4,10H2,1-3H3,(H,12,13). The molecule has 1 rings (SSSR count). The number of carbonyl (C=O) groups is 1. The van der Waals surface area contributed by atoms with Gasteiger partial charge in [-0.05, 0) is 20.8 Å². The zero-order chi connectivity index (χ0) is 10.8. The van der Waals surface area contributed by atoms with Gasteiger partial charge < -0.3 is 11.1 Å². The molecule has 0 aliphatic rings. The van der Waals surface area contributed by atoms with E-state index in [0.29, 0.717) is 12.2 Å². The summed E-state index contributed by atoms with van der Waals surface area (Å²) in [7, 11) is 0. The lowest BCUT2D eigenvalue weighted by atomic mass is 10.1. The van der Waals surface area contributed by atoms with Gasteiger partial charge in [0.2, 0.25) is 0 Å². The minimum absolute atomic E-state index is 0.154. The largest absolute Gasteiger partial charge is 0.345 e. The SMILES string of the molecule is Cc1scnc1C(=O)NC(C)(C)CN. The summed E-state index contributed by atoms with van der Waals surface area (Å²) < 4.78 is 0.